The standard InChI is InChI=1S/C34H33ClN8O2/c1-40-27-6-4-24(35)8-22(27)10-29(40)33-39-26-9-23(34(44)42-18-21-3-5-28(42)31(21)37)11-30(45-2)32(26)43(33)17-20-15-41(16-20)25-7-19(12-36)13-38-14-25/h4,6-11,13-14,20-21,28,31H,3,5,15-18,37H2,1-2H3/t21-,28-,31-/m1/s1. The number of ether oxygens (including phenoxy) is 1. The average Bonchev–Trinajstić information content (AvgIpc) is 3.77. The van der Waals surface area contributed by atoms with Gasteiger partial charge >= 0.3 is 0 Å². The van der Waals surface area contributed by atoms with Crippen LogP contribution in [0.2, 0.25) is 5.02 Å². The molecule has 8 rings (SSSR count). The summed E-state index contributed by atoms with van der Waals surface area (Å²) in [6.45, 7) is 3.03. The topological polar surface area (TPSA) is 118 Å². The summed E-state index contributed by atoms with van der Waals surface area (Å²) in [5.41, 5.74) is 12.1. The first-order valence-electron chi connectivity index (χ1n) is 15.3. The van der Waals surface area contributed by atoms with E-state index in [0.717, 1.165) is 59.6 Å². The smallest absolute Gasteiger partial charge is 0.254 e. The summed E-state index contributed by atoms with van der Waals surface area (Å²) in [5.74, 6) is 2.10. The van der Waals surface area contributed by atoms with Gasteiger partial charge in [-0.25, -0.2) is 4.98 Å². The largest absolute Gasteiger partial charge is 0.494 e. The Morgan fingerprint density at radius 1 is 1.13 bits per heavy atom. The quantitative estimate of drug-likeness (QED) is 0.289. The SMILES string of the molecule is COc1cc(C(=O)N2C[C@H]3CC[C@@H]2[C@@H]3N)cc2nc(-c3cc4cc(Cl)ccc4n3C)n(CC3CN(c4cncc(C#N)c4)C3)c12. The van der Waals surface area contributed by atoms with E-state index in [1.807, 2.05) is 48.3 Å². The number of methoxy groups -OCH3 is 1. The van der Waals surface area contributed by atoms with Crippen molar-refractivity contribution >= 4 is 45.1 Å². The van der Waals surface area contributed by atoms with Crippen molar-refractivity contribution in [1.29, 1.82) is 5.26 Å². The van der Waals surface area contributed by atoms with Gasteiger partial charge in [-0.2, -0.15) is 5.26 Å². The van der Waals surface area contributed by atoms with Gasteiger partial charge < -0.3 is 29.4 Å². The van der Waals surface area contributed by atoms with E-state index in [1.54, 1.807) is 19.5 Å². The van der Waals surface area contributed by atoms with E-state index in [1.165, 1.54) is 0 Å². The first kappa shape index (κ1) is 27.9. The lowest BCUT2D eigenvalue weighted by Crippen LogP contribution is -2.48. The minimum atomic E-state index is -0.0176. The Kier molecular flexibility index (Phi) is 6.52. The molecule has 3 aromatic heterocycles. The third-order valence-electron chi connectivity index (χ3n) is 10.0. The highest BCUT2D eigenvalue weighted by molar-refractivity contribution is 6.31. The molecule has 228 valence electrons. The molecule has 1 amide bonds. The van der Waals surface area contributed by atoms with Crippen LogP contribution in [-0.2, 0) is 13.6 Å². The molecule has 3 atom stereocenters. The number of carbonyl (C=O) groups is 1. The third-order valence-corrected chi connectivity index (χ3v) is 10.3. The molecule has 0 radical (unpaired) electrons. The van der Waals surface area contributed by atoms with Gasteiger partial charge in [-0.15, -0.1) is 0 Å². The minimum Gasteiger partial charge on any atom is -0.494 e. The normalized spacial score (nSPS) is 21.1. The van der Waals surface area contributed by atoms with Crippen molar-refractivity contribution in [2.24, 2.45) is 24.6 Å². The molecule has 10 nitrogen and oxygen atoms in total. The van der Waals surface area contributed by atoms with Crippen LogP contribution >= 0.6 is 11.6 Å². The number of likely N-dealkylation sites (tertiary alicyclic amines) is 1. The number of pyridine rings is 1. The molecule has 2 aliphatic heterocycles. The Balaban J connectivity index is 1.20. The molecule has 3 aliphatic rings. The van der Waals surface area contributed by atoms with E-state index < -0.39 is 0 Å². The number of halogens is 1. The Labute approximate surface area is 265 Å². The molecular formula is C34H33ClN8O2. The molecule has 5 heterocycles. The van der Waals surface area contributed by atoms with Gasteiger partial charge in [0, 0.05) is 78.9 Å². The number of hydrogen-bond donors (Lipinski definition) is 1. The second-order valence-electron chi connectivity index (χ2n) is 12.6. The fourth-order valence-corrected chi connectivity index (χ4v) is 7.86. The van der Waals surface area contributed by atoms with Crippen molar-refractivity contribution in [2.75, 3.05) is 31.6 Å². The molecule has 2 bridgehead atoms. The Bertz CT molecular complexity index is 2040. The maximum Gasteiger partial charge on any atom is 0.254 e. The number of nitriles is 1. The van der Waals surface area contributed by atoms with Gasteiger partial charge in [0.1, 0.15) is 17.3 Å². The zero-order valence-electron chi connectivity index (χ0n) is 25.2. The van der Waals surface area contributed by atoms with Crippen molar-refractivity contribution in [1.82, 2.24) is 24.0 Å². The van der Waals surface area contributed by atoms with Gasteiger partial charge in [-0.3, -0.25) is 9.78 Å². The summed E-state index contributed by atoms with van der Waals surface area (Å²) >= 11 is 6.36. The van der Waals surface area contributed by atoms with Gasteiger partial charge in [-0.1, -0.05) is 11.6 Å². The molecule has 1 aliphatic carbocycles. The molecule has 45 heavy (non-hydrogen) atoms. The molecule has 2 saturated heterocycles. The third kappa shape index (κ3) is 4.44. The molecule has 0 unspecified atom stereocenters. The fourth-order valence-electron chi connectivity index (χ4n) is 7.68. The molecule has 2 N–H and O–H groups in total. The predicted octanol–water partition coefficient (Wildman–Crippen LogP) is 4.82. The van der Waals surface area contributed by atoms with Crippen LogP contribution in [0.1, 0.15) is 28.8 Å². The second-order valence-corrected chi connectivity index (χ2v) is 13.1. The zero-order valence-corrected chi connectivity index (χ0v) is 25.9. The molecule has 2 aromatic carbocycles. The Morgan fingerprint density at radius 2 is 1.98 bits per heavy atom. The minimum absolute atomic E-state index is 0.0176. The lowest BCUT2D eigenvalue weighted by Gasteiger charge is -2.41. The number of fused-ring (bicyclic) bond motifs is 4. The summed E-state index contributed by atoms with van der Waals surface area (Å²) < 4.78 is 10.3. The number of carbonyl (C=O) groups excluding carboxylic acids is 1. The number of anilines is 1. The number of piperidine rings is 1. The van der Waals surface area contributed by atoms with Gasteiger partial charge in [0.2, 0.25) is 0 Å². The molecule has 11 heteroatoms. The monoisotopic (exact) mass is 620 g/mol. The first-order chi connectivity index (χ1) is 21.8. The van der Waals surface area contributed by atoms with Crippen LogP contribution in [0.25, 0.3) is 33.5 Å². The van der Waals surface area contributed by atoms with Crippen LogP contribution in [0.4, 0.5) is 5.69 Å². The van der Waals surface area contributed by atoms with Crippen LogP contribution in [0.3, 0.4) is 0 Å². The Morgan fingerprint density at radius 3 is 2.71 bits per heavy atom. The summed E-state index contributed by atoms with van der Waals surface area (Å²) in [4.78, 5) is 27.4. The van der Waals surface area contributed by atoms with Crippen molar-refractivity contribution in [3.63, 3.8) is 0 Å². The molecule has 1 saturated carbocycles. The number of aromatic nitrogens is 4. The van der Waals surface area contributed by atoms with Crippen LogP contribution in [-0.4, -0.2) is 68.7 Å². The number of aryl methyl sites for hydroxylation is 1. The Hall–Kier alpha value is -4.59. The van der Waals surface area contributed by atoms with Gasteiger partial charge in [0.05, 0.1) is 35.8 Å². The predicted molar refractivity (Wildman–Crippen MR) is 173 cm³/mol. The lowest BCUT2D eigenvalue weighted by molar-refractivity contribution is 0.0700. The van der Waals surface area contributed by atoms with Crippen LogP contribution in [0.5, 0.6) is 5.75 Å². The molecule has 5 aromatic rings. The number of nitrogens with zero attached hydrogens (tertiary/aromatic N) is 7. The summed E-state index contributed by atoms with van der Waals surface area (Å²) in [6, 6.07) is 16.0. The fraction of sp³-hybridized carbons (Fsp3) is 0.353. The van der Waals surface area contributed by atoms with Gasteiger partial charge in [0.15, 0.2) is 5.82 Å². The van der Waals surface area contributed by atoms with Gasteiger partial charge in [0.25, 0.3) is 5.91 Å². The maximum absolute atomic E-state index is 13.8. The molecule has 0 spiro atoms. The van der Waals surface area contributed by atoms with Crippen molar-refractivity contribution in [3.05, 3.63) is 71.0 Å². The highest BCUT2D eigenvalue weighted by atomic mass is 35.5. The van der Waals surface area contributed by atoms with E-state index in [-0.39, 0.29) is 18.0 Å². The molecule has 3 fully saturated rings. The molecular weight excluding hydrogens is 588 g/mol. The maximum atomic E-state index is 13.8. The zero-order chi connectivity index (χ0) is 31.0. The van der Waals surface area contributed by atoms with Crippen LogP contribution < -0.4 is 15.4 Å². The summed E-state index contributed by atoms with van der Waals surface area (Å²) in [7, 11) is 3.68. The van der Waals surface area contributed by atoms with Crippen LogP contribution in [0.15, 0.2) is 54.9 Å². The average molecular weight is 621 g/mol. The van der Waals surface area contributed by atoms with Crippen LogP contribution in [0, 0.1) is 23.2 Å². The van der Waals surface area contributed by atoms with E-state index in [4.69, 9.17) is 27.1 Å². The number of rotatable bonds is 6. The highest BCUT2D eigenvalue weighted by Crippen LogP contribution is 2.40. The number of hydrogen-bond acceptors (Lipinski definition) is 7. The highest BCUT2D eigenvalue weighted by Gasteiger charge is 2.47. The second kappa shape index (κ2) is 10.5. The number of imidazole rings is 1. The van der Waals surface area contributed by atoms with Crippen molar-refractivity contribution in [3.8, 4) is 23.3 Å². The summed E-state index contributed by atoms with van der Waals surface area (Å²) in [5, 5.41) is 11.0. The van der Waals surface area contributed by atoms with Gasteiger partial charge in [-0.05, 0) is 61.2 Å². The lowest BCUT2D eigenvalue weighted by atomic mass is 9.98. The van der Waals surface area contributed by atoms with Crippen molar-refractivity contribution < 1.29 is 9.53 Å². The van der Waals surface area contributed by atoms with Crippen molar-refractivity contribution in [2.45, 2.75) is 31.5 Å². The number of benzene rings is 2. The summed E-state index contributed by atoms with van der Waals surface area (Å²) in [6.07, 6.45) is 5.42. The first-order valence-corrected chi connectivity index (χ1v) is 15.7. The van der Waals surface area contributed by atoms with E-state index >= 15 is 0 Å². The van der Waals surface area contributed by atoms with E-state index in [2.05, 4.69) is 31.2 Å². The van der Waals surface area contributed by atoms with E-state index in [9.17, 15) is 10.1 Å². The van der Waals surface area contributed by atoms with E-state index in [0.29, 0.717) is 52.3 Å². The number of nitrogens with two attached hydrogens (primary N) is 1. The number of amides is 1.